The molecule has 0 radical (unpaired) electrons. The van der Waals surface area contributed by atoms with Crippen molar-refractivity contribution in [1.29, 1.82) is 0 Å². The molecule has 2 rings (SSSR count). The van der Waals surface area contributed by atoms with Gasteiger partial charge in [0, 0.05) is 12.0 Å². The summed E-state index contributed by atoms with van der Waals surface area (Å²) in [7, 11) is 0. The van der Waals surface area contributed by atoms with Crippen molar-refractivity contribution in [2.75, 3.05) is 13.1 Å². The Morgan fingerprint density at radius 1 is 1.47 bits per heavy atom. The molecule has 1 aromatic carbocycles. The van der Waals surface area contributed by atoms with Crippen LogP contribution in [0.1, 0.15) is 25.3 Å². The van der Waals surface area contributed by atoms with Gasteiger partial charge in [0.05, 0.1) is 23.6 Å². The average Bonchev–Trinajstić information content (AvgIpc) is 2.29. The van der Waals surface area contributed by atoms with E-state index in [1.807, 2.05) is 12.1 Å². The van der Waals surface area contributed by atoms with Gasteiger partial charge in [-0.2, -0.15) is 0 Å². The third kappa shape index (κ3) is 3.03. The number of nitrogens with zero attached hydrogens (tertiary/aromatic N) is 1. The lowest BCUT2D eigenvalue weighted by atomic mass is 9.99. The van der Waals surface area contributed by atoms with Crippen LogP contribution in [0.5, 0.6) is 0 Å². The molecule has 0 saturated carbocycles. The van der Waals surface area contributed by atoms with E-state index in [4.69, 9.17) is 0 Å². The molecule has 92 valence electrons. The quantitative estimate of drug-likeness (QED) is 0.636. The predicted molar refractivity (Wildman–Crippen MR) is 65.9 cm³/mol. The first kappa shape index (κ1) is 12.0. The standard InChI is InChI=1S/C13H18N2O2/c1-11-5-4-8-14(9-11)10-12-6-2-3-7-13(12)15(16)17/h2-3,6-7,11H,4-5,8-10H2,1H3/p+1/t11-/m1/s1. The van der Waals surface area contributed by atoms with Crippen LogP contribution in [0.2, 0.25) is 0 Å². The maximum absolute atomic E-state index is 10.9. The lowest BCUT2D eigenvalue weighted by Crippen LogP contribution is -3.12. The van der Waals surface area contributed by atoms with Crippen LogP contribution in [0.25, 0.3) is 0 Å². The van der Waals surface area contributed by atoms with Crippen molar-refractivity contribution in [2.45, 2.75) is 26.3 Å². The van der Waals surface area contributed by atoms with Crippen LogP contribution < -0.4 is 4.90 Å². The van der Waals surface area contributed by atoms with E-state index in [1.54, 1.807) is 12.1 Å². The fourth-order valence-electron chi connectivity index (χ4n) is 2.67. The molecule has 1 aromatic rings. The highest BCUT2D eigenvalue weighted by molar-refractivity contribution is 5.39. The fourth-order valence-corrected chi connectivity index (χ4v) is 2.67. The maximum atomic E-state index is 10.9. The number of hydrogen-bond acceptors (Lipinski definition) is 2. The summed E-state index contributed by atoms with van der Waals surface area (Å²) in [4.78, 5) is 12.1. The molecular formula is C13H19N2O2+. The second-order valence-corrected chi connectivity index (χ2v) is 5.01. The molecule has 1 aliphatic heterocycles. The van der Waals surface area contributed by atoms with E-state index in [1.165, 1.54) is 17.7 Å². The highest BCUT2D eigenvalue weighted by Crippen LogP contribution is 2.16. The van der Waals surface area contributed by atoms with Gasteiger partial charge in [0.2, 0.25) is 0 Å². The smallest absolute Gasteiger partial charge is 0.278 e. The average molecular weight is 235 g/mol. The molecule has 1 aliphatic rings. The second-order valence-electron chi connectivity index (χ2n) is 5.01. The molecule has 0 spiro atoms. The van der Waals surface area contributed by atoms with Crippen molar-refractivity contribution in [1.82, 2.24) is 0 Å². The van der Waals surface area contributed by atoms with E-state index in [-0.39, 0.29) is 10.6 Å². The minimum absolute atomic E-state index is 0.262. The molecule has 1 N–H and O–H groups in total. The molecule has 1 fully saturated rings. The van der Waals surface area contributed by atoms with Crippen molar-refractivity contribution in [3.63, 3.8) is 0 Å². The zero-order valence-corrected chi connectivity index (χ0v) is 10.2. The summed E-state index contributed by atoms with van der Waals surface area (Å²) in [6.07, 6.45) is 2.53. The van der Waals surface area contributed by atoms with Crippen molar-refractivity contribution in [2.24, 2.45) is 5.92 Å². The van der Waals surface area contributed by atoms with Crippen LogP contribution in [-0.2, 0) is 6.54 Å². The Balaban J connectivity index is 2.10. The molecule has 0 bridgehead atoms. The molecule has 0 aromatic heterocycles. The zero-order chi connectivity index (χ0) is 12.3. The van der Waals surface area contributed by atoms with Gasteiger partial charge in [0.25, 0.3) is 5.69 Å². The van der Waals surface area contributed by atoms with Gasteiger partial charge in [-0.15, -0.1) is 0 Å². The van der Waals surface area contributed by atoms with E-state index in [9.17, 15) is 10.1 Å². The molecular weight excluding hydrogens is 216 g/mol. The number of likely N-dealkylation sites (tertiary alicyclic amines) is 1. The van der Waals surface area contributed by atoms with Gasteiger partial charge in [-0.05, 0) is 18.9 Å². The van der Waals surface area contributed by atoms with Crippen LogP contribution >= 0.6 is 0 Å². The summed E-state index contributed by atoms with van der Waals surface area (Å²) in [6.45, 7) is 5.31. The second kappa shape index (κ2) is 5.27. The lowest BCUT2D eigenvalue weighted by Gasteiger charge is -2.27. The summed E-state index contributed by atoms with van der Waals surface area (Å²) < 4.78 is 0. The van der Waals surface area contributed by atoms with Crippen molar-refractivity contribution in [3.8, 4) is 0 Å². The van der Waals surface area contributed by atoms with E-state index in [0.717, 1.165) is 31.1 Å². The SMILES string of the molecule is C[C@@H]1CCC[NH+](Cc2ccccc2[N+](=O)[O-])C1. The Morgan fingerprint density at radius 3 is 2.94 bits per heavy atom. The van der Waals surface area contributed by atoms with Gasteiger partial charge >= 0.3 is 0 Å². The third-order valence-electron chi connectivity index (χ3n) is 3.49. The first-order valence-electron chi connectivity index (χ1n) is 6.22. The van der Waals surface area contributed by atoms with Gasteiger partial charge in [0.15, 0.2) is 0 Å². The molecule has 4 heteroatoms. The summed E-state index contributed by atoms with van der Waals surface area (Å²) >= 11 is 0. The van der Waals surface area contributed by atoms with Crippen molar-refractivity contribution in [3.05, 3.63) is 39.9 Å². The number of rotatable bonds is 3. The first-order chi connectivity index (χ1) is 8.16. The molecule has 1 unspecified atom stereocenters. The summed E-state index contributed by atoms with van der Waals surface area (Å²) in [5.41, 5.74) is 1.12. The van der Waals surface area contributed by atoms with E-state index in [2.05, 4.69) is 6.92 Å². The molecule has 1 heterocycles. The predicted octanol–water partition coefficient (Wildman–Crippen LogP) is 1.41. The molecule has 4 nitrogen and oxygen atoms in total. The summed E-state index contributed by atoms with van der Waals surface area (Å²) in [5.74, 6) is 0.738. The minimum Gasteiger partial charge on any atom is -0.331 e. The number of hydrogen-bond donors (Lipinski definition) is 1. The van der Waals surface area contributed by atoms with Crippen molar-refractivity contribution < 1.29 is 9.82 Å². The Kier molecular flexibility index (Phi) is 3.74. The number of quaternary nitrogens is 1. The monoisotopic (exact) mass is 235 g/mol. The van der Waals surface area contributed by atoms with Gasteiger partial charge in [0.1, 0.15) is 6.54 Å². The lowest BCUT2D eigenvalue weighted by molar-refractivity contribution is -0.922. The summed E-state index contributed by atoms with van der Waals surface area (Å²) in [6, 6.07) is 7.09. The Bertz CT molecular complexity index is 406. The molecule has 0 amide bonds. The highest BCUT2D eigenvalue weighted by Gasteiger charge is 2.23. The number of para-hydroxylation sites is 1. The van der Waals surface area contributed by atoms with E-state index >= 15 is 0 Å². The third-order valence-corrected chi connectivity index (χ3v) is 3.49. The topological polar surface area (TPSA) is 47.6 Å². The Hall–Kier alpha value is -1.42. The maximum Gasteiger partial charge on any atom is 0.278 e. The fraction of sp³-hybridized carbons (Fsp3) is 0.538. The zero-order valence-electron chi connectivity index (χ0n) is 10.2. The van der Waals surface area contributed by atoms with Gasteiger partial charge < -0.3 is 4.90 Å². The van der Waals surface area contributed by atoms with Crippen LogP contribution in [-0.4, -0.2) is 18.0 Å². The van der Waals surface area contributed by atoms with Gasteiger partial charge in [-0.3, -0.25) is 10.1 Å². The van der Waals surface area contributed by atoms with Crippen LogP contribution in [0, 0.1) is 16.0 Å². The number of nitro benzene ring substituents is 1. The van der Waals surface area contributed by atoms with E-state index < -0.39 is 0 Å². The van der Waals surface area contributed by atoms with Crippen molar-refractivity contribution >= 4 is 5.69 Å². The van der Waals surface area contributed by atoms with E-state index in [0.29, 0.717) is 0 Å². The van der Waals surface area contributed by atoms with Gasteiger partial charge in [-0.1, -0.05) is 19.1 Å². The number of benzene rings is 1. The molecule has 1 saturated heterocycles. The number of nitrogens with one attached hydrogen (secondary N) is 1. The molecule has 2 atom stereocenters. The normalized spacial score (nSPS) is 24.5. The first-order valence-corrected chi connectivity index (χ1v) is 6.22. The minimum atomic E-state index is -0.276. The van der Waals surface area contributed by atoms with Crippen LogP contribution in [0.3, 0.4) is 0 Å². The summed E-state index contributed by atoms with van der Waals surface area (Å²) in [5, 5.41) is 10.9. The number of nitro groups is 1. The Labute approximate surface area is 101 Å². The van der Waals surface area contributed by atoms with Crippen LogP contribution in [0.4, 0.5) is 5.69 Å². The van der Waals surface area contributed by atoms with Gasteiger partial charge in [-0.25, -0.2) is 0 Å². The largest absolute Gasteiger partial charge is 0.331 e. The highest BCUT2D eigenvalue weighted by atomic mass is 16.6. The number of piperidine rings is 1. The van der Waals surface area contributed by atoms with Crippen LogP contribution in [0.15, 0.2) is 24.3 Å². The molecule has 0 aliphatic carbocycles. The molecule has 17 heavy (non-hydrogen) atoms. The Morgan fingerprint density at radius 2 is 2.24 bits per heavy atom.